The summed E-state index contributed by atoms with van der Waals surface area (Å²) in [5.41, 5.74) is 5.22. The van der Waals surface area contributed by atoms with Crippen LogP contribution in [0.25, 0.3) is 10.6 Å². The standard InChI is InChI=1S/C23H26N2S/c1-18-7-9-21(10-8-18)23-24-22(17-26-23)16-25-13-11-20(12-14-25)15-19-5-3-2-4-6-19/h2-10,17,20H,11-16H2,1H3. The molecule has 1 fully saturated rings. The van der Waals surface area contributed by atoms with Crippen molar-refractivity contribution in [1.29, 1.82) is 0 Å². The maximum atomic E-state index is 4.87. The first-order valence-electron chi connectivity index (χ1n) is 9.54. The highest BCUT2D eigenvalue weighted by atomic mass is 32.1. The third kappa shape index (κ3) is 4.40. The van der Waals surface area contributed by atoms with Crippen LogP contribution in [0.2, 0.25) is 0 Å². The summed E-state index contributed by atoms with van der Waals surface area (Å²) in [5, 5.41) is 3.37. The number of hydrogen-bond acceptors (Lipinski definition) is 3. The van der Waals surface area contributed by atoms with Crippen molar-refractivity contribution in [2.24, 2.45) is 5.92 Å². The minimum atomic E-state index is 0.826. The molecule has 0 atom stereocenters. The highest BCUT2D eigenvalue weighted by Crippen LogP contribution is 2.26. The van der Waals surface area contributed by atoms with E-state index in [0.717, 1.165) is 17.5 Å². The molecule has 2 heterocycles. The summed E-state index contributed by atoms with van der Waals surface area (Å²) >= 11 is 1.76. The molecule has 26 heavy (non-hydrogen) atoms. The number of aromatic nitrogens is 1. The average molecular weight is 363 g/mol. The zero-order valence-corrected chi connectivity index (χ0v) is 16.2. The highest BCUT2D eigenvalue weighted by Gasteiger charge is 2.20. The van der Waals surface area contributed by atoms with Crippen LogP contribution in [0.15, 0.2) is 60.0 Å². The molecule has 0 spiro atoms. The van der Waals surface area contributed by atoms with Crippen LogP contribution in [0, 0.1) is 12.8 Å². The van der Waals surface area contributed by atoms with Gasteiger partial charge in [-0.2, -0.15) is 0 Å². The zero-order valence-electron chi connectivity index (χ0n) is 15.4. The molecule has 3 heteroatoms. The number of nitrogens with zero attached hydrogens (tertiary/aromatic N) is 2. The molecule has 0 aliphatic carbocycles. The lowest BCUT2D eigenvalue weighted by Crippen LogP contribution is -2.33. The van der Waals surface area contributed by atoms with E-state index in [4.69, 9.17) is 4.98 Å². The first-order chi connectivity index (χ1) is 12.8. The quantitative estimate of drug-likeness (QED) is 0.589. The van der Waals surface area contributed by atoms with Gasteiger partial charge in [-0.25, -0.2) is 4.98 Å². The molecule has 0 bridgehead atoms. The average Bonchev–Trinajstić information content (AvgIpc) is 3.13. The van der Waals surface area contributed by atoms with E-state index in [-0.39, 0.29) is 0 Å². The minimum Gasteiger partial charge on any atom is -0.297 e. The molecule has 1 aliphatic rings. The van der Waals surface area contributed by atoms with Gasteiger partial charge in [0, 0.05) is 17.5 Å². The van der Waals surface area contributed by atoms with Crippen molar-refractivity contribution in [3.8, 4) is 10.6 Å². The zero-order chi connectivity index (χ0) is 17.8. The van der Waals surface area contributed by atoms with Crippen LogP contribution in [0.3, 0.4) is 0 Å². The van der Waals surface area contributed by atoms with Gasteiger partial charge >= 0.3 is 0 Å². The number of aryl methyl sites for hydroxylation is 1. The van der Waals surface area contributed by atoms with Gasteiger partial charge in [0.2, 0.25) is 0 Å². The molecular weight excluding hydrogens is 336 g/mol. The van der Waals surface area contributed by atoms with Crippen LogP contribution >= 0.6 is 11.3 Å². The van der Waals surface area contributed by atoms with Crippen molar-refractivity contribution in [3.63, 3.8) is 0 Å². The van der Waals surface area contributed by atoms with E-state index in [1.54, 1.807) is 11.3 Å². The molecule has 1 aromatic heterocycles. The van der Waals surface area contributed by atoms with Gasteiger partial charge in [0.25, 0.3) is 0 Å². The van der Waals surface area contributed by atoms with Crippen LogP contribution in [0.4, 0.5) is 0 Å². The van der Waals surface area contributed by atoms with Crippen molar-refractivity contribution in [2.45, 2.75) is 32.7 Å². The van der Waals surface area contributed by atoms with Gasteiger partial charge in [0.15, 0.2) is 0 Å². The Hall–Kier alpha value is -1.97. The van der Waals surface area contributed by atoms with Gasteiger partial charge in [-0.3, -0.25) is 4.90 Å². The summed E-state index contributed by atoms with van der Waals surface area (Å²) in [6, 6.07) is 19.6. The van der Waals surface area contributed by atoms with Crippen molar-refractivity contribution in [3.05, 3.63) is 76.8 Å². The van der Waals surface area contributed by atoms with Crippen LogP contribution in [0.1, 0.15) is 29.7 Å². The third-order valence-electron chi connectivity index (χ3n) is 5.31. The first-order valence-corrected chi connectivity index (χ1v) is 10.4. The fourth-order valence-corrected chi connectivity index (χ4v) is 4.55. The minimum absolute atomic E-state index is 0.826. The van der Waals surface area contributed by atoms with Crippen molar-refractivity contribution in [2.75, 3.05) is 13.1 Å². The van der Waals surface area contributed by atoms with Gasteiger partial charge in [-0.05, 0) is 50.8 Å². The van der Waals surface area contributed by atoms with E-state index in [9.17, 15) is 0 Å². The van der Waals surface area contributed by atoms with E-state index in [1.165, 1.54) is 54.7 Å². The molecule has 0 saturated carbocycles. The molecule has 2 nitrogen and oxygen atoms in total. The summed E-state index contributed by atoms with van der Waals surface area (Å²) in [6.45, 7) is 5.49. The second kappa shape index (κ2) is 8.15. The molecule has 0 radical (unpaired) electrons. The second-order valence-electron chi connectivity index (χ2n) is 7.42. The number of hydrogen-bond donors (Lipinski definition) is 0. The Bertz CT molecular complexity index is 815. The van der Waals surface area contributed by atoms with Crippen molar-refractivity contribution >= 4 is 11.3 Å². The van der Waals surface area contributed by atoms with E-state index in [0.29, 0.717) is 0 Å². The lowest BCUT2D eigenvalue weighted by Gasteiger charge is -2.31. The van der Waals surface area contributed by atoms with Crippen LogP contribution in [-0.2, 0) is 13.0 Å². The second-order valence-corrected chi connectivity index (χ2v) is 8.28. The molecule has 0 amide bonds. The maximum absolute atomic E-state index is 4.87. The lowest BCUT2D eigenvalue weighted by atomic mass is 9.90. The topological polar surface area (TPSA) is 16.1 Å². The monoisotopic (exact) mass is 362 g/mol. The Kier molecular flexibility index (Phi) is 5.47. The molecule has 3 aromatic rings. The smallest absolute Gasteiger partial charge is 0.123 e. The van der Waals surface area contributed by atoms with Crippen LogP contribution in [0.5, 0.6) is 0 Å². The Morgan fingerprint density at radius 3 is 2.46 bits per heavy atom. The fourth-order valence-electron chi connectivity index (χ4n) is 3.73. The van der Waals surface area contributed by atoms with Gasteiger partial charge in [0.05, 0.1) is 5.69 Å². The van der Waals surface area contributed by atoms with Crippen LogP contribution < -0.4 is 0 Å². The lowest BCUT2D eigenvalue weighted by molar-refractivity contribution is 0.175. The Balaban J connectivity index is 1.30. The summed E-state index contributed by atoms with van der Waals surface area (Å²) in [6.07, 6.45) is 3.82. The summed E-state index contributed by atoms with van der Waals surface area (Å²) in [4.78, 5) is 7.43. The molecule has 1 aliphatic heterocycles. The predicted molar refractivity (Wildman–Crippen MR) is 110 cm³/mol. The number of rotatable bonds is 5. The van der Waals surface area contributed by atoms with Crippen LogP contribution in [-0.4, -0.2) is 23.0 Å². The van der Waals surface area contributed by atoms with Crippen molar-refractivity contribution in [1.82, 2.24) is 9.88 Å². The molecular formula is C23H26N2S. The third-order valence-corrected chi connectivity index (χ3v) is 6.25. The number of thiazole rings is 1. The maximum Gasteiger partial charge on any atom is 0.123 e. The highest BCUT2D eigenvalue weighted by molar-refractivity contribution is 7.13. The van der Waals surface area contributed by atoms with E-state index >= 15 is 0 Å². The van der Waals surface area contributed by atoms with Gasteiger partial charge in [-0.1, -0.05) is 60.2 Å². The molecule has 134 valence electrons. The number of benzene rings is 2. The molecule has 0 N–H and O–H groups in total. The predicted octanol–water partition coefficient (Wildman–Crippen LogP) is 5.57. The molecule has 2 aromatic carbocycles. The number of likely N-dealkylation sites (tertiary alicyclic amines) is 1. The Morgan fingerprint density at radius 1 is 1.00 bits per heavy atom. The SMILES string of the molecule is Cc1ccc(-c2nc(CN3CCC(Cc4ccccc4)CC3)cs2)cc1. The molecule has 4 rings (SSSR count). The van der Waals surface area contributed by atoms with E-state index in [1.807, 2.05) is 0 Å². The molecule has 0 unspecified atom stereocenters. The van der Waals surface area contributed by atoms with E-state index < -0.39 is 0 Å². The van der Waals surface area contributed by atoms with Gasteiger partial charge in [0.1, 0.15) is 5.01 Å². The largest absolute Gasteiger partial charge is 0.297 e. The number of piperidine rings is 1. The van der Waals surface area contributed by atoms with E-state index in [2.05, 4.69) is 71.8 Å². The summed E-state index contributed by atoms with van der Waals surface area (Å²) in [7, 11) is 0. The van der Waals surface area contributed by atoms with Gasteiger partial charge in [-0.15, -0.1) is 11.3 Å². The normalized spacial score (nSPS) is 16.0. The molecule has 1 saturated heterocycles. The first kappa shape index (κ1) is 17.4. The van der Waals surface area contributed by atoms with Crippen molar-refractivity contribution < 1.29 is 0 Å². The fraction of sp³-hybridized carbons (Fsp3) is 0.348. The Labute approximate surface area is 160 Å². The summed E-state index contributed by atoms with van der Waals surface area (Å²) in [5.74, 6) is 0.826. The summed E-state index contributed by atoms with van der Waals surface area (Å²) < 4.78 is 0. The van der Waals surface area contributed by atoms with Gasteiger partial charge < -0.3 is 0 Å². The Morgan fingerprint density at radius 2 is 1.73 bits per heavy atom.